The molecule has 0 saturated heterocycles. The minimum atomic E-state index is -5.39. The Hall–Kier alpha value is -2.80. The normalized spacial score (nSPS) is 22.9. The van der Waals surface area contributed by atoms with Gasteiger partial charge in [-0.1, -0.05) is 0 Å². The van der Waals surface area contributed by atoms with Crippen molar-refractivity contribution in [2.45, 2.75) is 24.4 Å². The van der Waals surface area contributed by atoms with E-state index in [1.165, 1.54) is 0 Å². The van der Waals surface area contributed by atoms with E-state index in [1.54, 1.807) is 6.07 Å². The van der Waals surface area contributed by atoms with E-state index < -0.39 is 58.4 Å². The number of benzene rings is 2. The number of aliphatic hydroxyl groups is 1. The van der Waals surface area contributed by atoms with Crippen LogP contribution in [0.4, 0.5) is 30.7 Å². The lowest BCUT2D eigenvalue weighted by Crippen LogP contribution is -2.36. The molecule has 0 spiro atoms. The van der Waals surface area contributed by atoms with Crippen LogP contribution in [0.3, 0.4) is 0 Å². The zero-order valence-corrected chi connectivity index (χ0v) is 12.9. The van der Waals surface area contributed by atoms with Crippen LogP contribution in [0.25, 0.3) is 0 Å². The van der Waals surface area contributed by atoms with Crippen LogP contribution in [0.1, 0.15) is 36.1 Å². The molecule has 2 aromatic carbocycles. The lowest BCUT2D eigenvalue weighted by molar-refractivity contribution is -0.246. The molecule has 142 valence electrons. The summed E-state index contributed by atoms with van der Waals surface area (Å²) < 4.78 is 109. The molecule has 3 nitrogen and oxygen atoms in total. The maximum atomic E-state index is 14.0. The third kappa shape index (κ3) is 2.78. The molecule has 0 fully saturated rings. The highest BCUT2D eigenvalue weighted by Gasteiger charge is 2.69. The second-order valence-electron chi connectivity index (χ2n) is 5.59. The van der Waals surface area contributed by atoms with E-state index in [-0.39, 0.29) is 5.56 Å². The van der Waals surface area contributed by atoms with Crippen LogP contribution in [0, 0.1) is 17.1 Å². The molecule has 1 aliphatic carbocycles. The standard InChI is InChI=1S/C17H8F7NO2/c18-8-3-7(6-25)4-9(5-8)27-11-2-1-10-12(13(11)15(19)20)14(26)17(23,24)16(10,21)22/h1-5,14-15,26H/t14-/m1/s1/i14D. The Balaban J connectivity index is 2.23. The molecule has 0 radical (unpaired) electrons. The first kappa shape index (κ1) is 17.6. The van der Waals surface area contributed by atoms with E-state index in [0.29, 0.717) is 18.2 Å². The van der Waals surface area contributed by atoms with Crippen molar-refractivity contribution in [1.82, 2.24) is 0 Å². The molecule has 1 atom stereocenters. The van der Waals surface area contributed by atoms with Gasteiger partial charge in [-0.3, -0.25) is 0 Å². The Morgan fingerprint density at radius 2 is 1.85 bits per heavy atom. The summed E-state index contributed by atoms with van der Waals surface area (Å²) in [5.74, 6) is -12.9. The fraction of sp³-hybridized carbons (Fsp3) is 0.235. The number of rotatable bonds is 3. The number of fused-ring (bicyclic) bond motifs is 1. The summed E-state index contributed by atoms with van der Waals surface area (Å²) in [6, 6.07) is 4.82. The SMILES string of the molecule is [2H][C@@]1(O)c2c(ccc(Oc3cc(F)cc(C#N)c3)c2C(F)F)C(F)(F)C1(F)F. The summed E-state index contributed by atoms with van der Waals surface area (Å²) in [6.45, 7) is 0. The molecular formula is C17H8F7NO2. The lowest BCUT2D eigenvalue weighted by Gasteiger charge is -2.21. The van der Waals surface area contributed by atoms with Gasteiger partial charge in [0.2, 0.25) is 0 Å². The van der Waals surface area contributed by atoms with E-state index >= 15 is 0 Å². The average Bonchev–Trinajstić information content (AvgIpc) is 2.69. The van der Waals surface area contributed by atoms with Gasteiger partial charge < -0.3 is 9.84 Å². The Labute approximate surface area is 148 Å². The van der Waals surface area contributed by atoms with Gasteiger partial charge in [0.25, 0.3) is 6.43 Å². The second kappa shape index (κ2) is 6.13. The van der Waals surface area contributed by atoms with E-state index in [9.17, 15) is 35.8 Å². The summed E-state index contributed by atoms with van der Waals surface area (Å²) in [5.41, 5.74) is -5.15. The van der Waals surface area contributed by atoms with E-state index in [4.69, 9.17) is 11.4 Å². The predicted molar refractivity (Wildman–Crippen MR) is 76.4 cm³/mol. The van der Waals surface area contributed by atoms with Gasteiger partial charge in [0.15, 0.2) is 6.08 Å². The largest absolute Gasteiger partial charge is 0.457 e. The molecule has 3 rings (SSSR count). The number of hydrogen-bond donors (Lipinski definition) is 1. The first-order valence-electron chi connectivity index (χ1n) is 7.67. The quantitative estimate of drug-likeness (QED) is 0.731. The van der Waals surface area contributed by atoms with Crippen molar-refractivity contribution < 1.29 is 41.9 Å². The highest BCUT2D eigenvalue weighted by molar-refractivity contribution is 5.54. The molecule has 0 unspecified atom stereocenters. The van der Waals surface area contributed by atoms with Gasteiger partial charge >= 0.3 is 11.8 Å². The molecule has 0 saturated carbocycles. The fourth-order valence-electron chi connectivity index (χ4n) is 2.71. The third-order valence-corrected chi connectivity index (χ3v) is 3.92. The number of halogens is 7. The summed E-state index contributed by atoms with van der Waals surface area (Å²) in [6.07, 6.45) is -8.06. The van der Waals surface area contributed by atoms with Gasteiger partial charge in [0.1, 0.15) is 17.3 Å². The maximum absolute atomic E-state index is 14.0. The number of nitriles is 1. The van der Waals surface area contributed by atoms with Crippen molar-refractivity contribution in [3.05, 3.63) is 58.4 Å². The second-order valence-corrected chi connectivity index (χ2v) is 5.59. The maximum Gasteiger partial charge on any atom is 0.343 e. The fourth-order valence-corrected chi connectivity index (χ4v) is 2.71. The molecule has 0 amide bonds. The number of alkyl halides is 6. The molecule has 10 heteroatoms. The topological polar surface area (TPSA) is 53.2 Å². The predicted octanol–water partition coefficient (Wildman–Crippen LogP) is 5.20. The molecule has 0 aliphatic heterocycles. The van der Waals surface area contributed by atoms with E-state index in [2.05, 4.69) is 0 Å². The smallest absolute Gasteiger partial charge is 0.343 e. The minimum Gasteiger partial charge on any atom is -0.457 e. The van der Waals surface area contributed by atoms with Gasteiger partial charge in [0.05, 0.1) is 18.6 Å². The van der Waals surface area contributed by atoms with Crippen molar-refractivity contribution in [2.24, 2.45) is 0 Å². The van der Waals surface area contributed by atoms with Gasteiger partial charge in [0, 0.05) is 17.2 Å². The van der Waals surface area contributed by atoms with Gasteiger partial charge in [-0.2, -0.15) is 22.8 Å². The zero-order chi connectivity index (χ0) is 21.1. The Morgan fingerprint density at radius 1 is 1.19 bits per heavy atom. The van der Waals surface area contributed by atoms with Crippen LogP contribution in [-0.4, -0.2) is 11.0 Å². The van der Waals surface area contributed by atoms with Crippen molar-refractivity contribution in [3.8, 4) is 17.6 Å². The highest BCUT2D eigenvalue weighted by Crippen LogP contribution is 2.60. The first-order valence-corrected chi connectivity index (χ1v) is 7.17. The van der Waals surface area contributed by atoms with Crippen LogP contribution < -0.4 is 4.74 Å². The lowest BCUT2D eigenvalue weighted by atomic mass is 10.0. The Bertz CT molecular complexity index is 1000. The average molecular weight is 392 g/mol. The molecule has 2 aromatic rings. The first-order chi connectivity index (χ1) is 12.8. The summed E-state index contributed by atoms with van der Waals surface area (Å²) in [4.78, 5) is 0. The third-order valence-electron chi connectivity index (χ3n) is 3.92. The van der Waals surface area contributed by atoms with Crippen molar-refractivity contribution in [1.29, 1.82) is 5.26 Å². The number of hydrogen-bond acceptors (Lipinski definition) is 3. The molecule has 1 N–H and O–H groups in total. The molecule has 27 heavy (non-hydrogen) atoms. The van der Waals surface area contributed by atoms with Crippen molar-refractivity contribution in [2.75, 3.05) is 0 Å². The van der Waals surface area contributed by atoms with Crippen molar-refractivity contribution in [3.63, 3.8) is 0 Å². The van der Waals surface area contributed by atoms with Crippen LogP contribution in [-0.2, 0) is 5.92 Å². The monoisotopic (exact) mass is 392 g/mol. The van der Waals surface area contributed by atoms with Crippen LogP contribution in [0.15, 0.2) is 30.3 Å². The van der Waals surface area contributed by atoms with Gasteiger partial charge in [-0.15, -0.1) is 0 Å². The molecule has 0 heterocycles. The van der Waals surface area contributed by atoms with E-state index in [0.717, 1.165) is 12.1 Å². The summed E-state index contributed by atoms with van der Waals surface area (Å²) in [7, 11) is 0. The van der Waals surface area contributed by atoms with Crippen molar-refractivity contribution >= 4 is 0 Å². The molecule has 1 aliphatic rings. The number of ether oxygens (including phenoxy) is 1. The minimum absolute atomic E-state index is 0.259. The Kier molecular flexibility index (Phi) is 3.99. The molecular weight excluding hydrogens is 383 g/mol. The molecule has 0 bridgehead atoms. The van der Waals surface area contributed by atoms with Gasteiger partial charge in [-0.25, -0.2) is 13.2 Å². The van der Waals surface area contributed by atoms with E-state index in [1.807, 2.05) is 0 Å². The highest BCUT2D eigenvalue weighted by atomic mass is 19.3. The zero-order valence-electron chi connectivity index (χ0n) is 13.9. The van der Waals surface area contributed by atoms with Crippen LogP contribution >= 0.6 is 0 Å². The summed E-state index contributed by atoms with van der Waals surface area (Å²) in [5, 5.41) is 18.5. The summed E-state index contributed by atoms with van der Waals surface area (Å²) >= 11 is 0. The Morgan fingerprint density at radius 3 is 2.44 bits per heavy atom. The van der Waals surface area contributed by atoms with Gasteiger partial charge in [-0.05, 0) is 24.3 Å². The van der Waals surface area contributed by atoms with Crippen LogP contribution in [0.2, 0.25) is 0 Å². The molecule has 0 aromatic heterocycles. The van der Waals surface area contributed by atoms with Crippen LogP contribution in [0.5, 0.6) is 11.5 Å². The number of nitrogens with zero attached hydrogens (tertiary/aromatic N) is 1.